The van der Waals surface area contributed by atoms with Crippen molar-refractivity contribution in [3.05, 3.63) is 0 Å². The van der Waals surface area contributed by atoms with Gasteiger partial charge in [-0.15, -0.1) is 11.6 Å². The minimum atomic E-state index is 0.221. The van der Waals surface area contributed by atoms with Crippen molar-refractivity contribution in [3.63, 3.8) is 0 Å². The van der Waals surface area contributed by atoms with Crippen molar-refractivity contribution >= 4 is 17.5 Å². The molecular formula is C14H26ClNO. The monoisotopic (exact) mass is 259 g/mol. The minimum Gasteiger partial charge on any atom is -0.338 e. The molecule has 3 heteroatoms. The number of alkyl halides is 1. The number of nitrogens with zero attached hydrogens (tertiary/aromatic N) is 1. The fraction of sp³-hybridized carbons (Fsp3) is 0.929. The van der Waals surface area contributed by atoms with E-state index in [-0.39, 0.29) is 12.0 Å². The number of amides is 1. The van der Waals surface area contributed by atoms with Crippen molar-refractivity contribution in [1.29, 1.82) is 0 Å². The Kier molecular flexibility index (Phi) is 6.94. The lowest BCUT2D eigenvalue weighted by molar-refractivity contribution is -0.139. The van der Waals surface area contributed by atoms with E-state index in [9.17, 15) is 4.79 Å². The van der Waals surface area contributed by atoms with Gasteiger partial charge in [0, 0.05) is 24.4 Å². The van der Waals surface area contributed by atoms with Gasteiger partial charge in [0.1, 0.15) is 0 Å². The largest absolute Gasteiger partial charge is 0.338 e. The SMILES string of the molecule is CCCCC(CC)C(=O)N1CCCCC1CCl. The molecule has 0 N–H and O–H groups in total. The predicted molar refractivity (Wildman–Crippen MR) is 73.4 cm³/mol. The van der Waals surface area contributed by atoms with Gasteiger partial charge in [0.05, 0.1) is 0 Å². The van der Waals surface area contributed by atoms with Crippen LogP contribution in [0.1, 0.15) is 58.8 Å². The molecule has 1 fully saturated rings. The van der Waals surface area contributed by atoms with Crippen molar-refractivity contribution < 1.29 is 4.79 Å². The highest BCUT2D eigenvalue weighted by Gasteiger charge is 2.29. The summed E-state index contributed by atoms with van der Waals surface area (Å²) in [5.41, 5.74) is 0. The van der Waals surface area contributed by atoms with Crippen LogP contribution in [0.25, 0.3) is 0 Å². The minimum absolute atomic E-state index is 0.221. The Balaban J connectivity index is 2.57. The van der Waals surface area contributed by atoms with E-state index in [1.807, 2.05) is 0 Å². The third-order valence-electron chi connectivity index (χ3n) is 3.84. The molecule has 0 bridgehead atoms. The number of carbonyl (C=O) groups excluding carboxylic acids is 1. The van der Waals surface area contributed by atoms with Crippen molar-refractivity contribution in [2.75, 3.05) is 12.4 Å². The van der Waals surface area contributed by atoms with Gasteiger partial charge in [0.15, 0.2) is 0 Å². The Bertz CT molecular complexity index is 232. The molecule has 1 heterocycles. The Labute approximate surface area is 111 Å². The van der Waals surface area contributed by atoms with Crippen LogP contribution in [0.4, 0.5) is 0 Å². The van der Waals surface area contributed by atoms with E-state index in [0.717, 1.165) is 38.6 Å². The van der Waals surface area contributed by atoms with Crippen molar-refractivity contribution in [2.24, 2.45) is 5.92 Å². The summed E-state index contributed by atoms with van der Waals surface area (Å²) in [5, 5.41) is 0. The number of likely N-dealkylation sites (tertiary alicyclic amines) is 1. The zero-order valence-corrected chi connectivity index (χ0v) is 12.0. The van der Waals surface area contributed by atoms with Crippen LogP contribution in [0.2, 0.25) is 0 Å². The van der Waals surface area contributed by atoms with Gasteiger partial charge in [0.2, 0.25) is 5.91 Å². The fourth-order valence-corrected chi connectivity index (χ4v) is 2.96. The van der Waals surface area contributed by atoms with Crippen LogP contribution in [0, 0.1) is 5.92 Å². The number of halogens is 1. The number of piperidine rings is 1. The molecule has 2 unspecified atom stereocenters. The van der Waals surface area contributed by atoms with Crippen molar-refractivity contribution in [3.8, 4) is 0 Å². The maximum Gasteiger partial charge on any atom is 0.225 e. The summed E-state index contributed by atoms with van der Waals surface area (Å²) < 4.78 is 0. The van der Waals surface area contributed by atoms with Crippen molar-refractivity contribution in [1.82, 2.24) is 4.90 Å². The van der Waals surface area contributed by atoms with Crippen LogP contribution >= 0.6 is 11.6 Å². The van der Waals surface area contributed by atoms with Gasteiger partial charge in [0.25, 0.3) is 0 Å². The van der Waals surface area contributed by atoms with E-state index < -0.39 is 0 Å². The molecule has 1 saturated heterocycles. The van der Waals surface area contributed by atoms with Crippen LogP contribution in [0.15, 0.2) is 0 Å². The third kappa shape index (κ3) is 4.17. The summed E-state index contributed by atoms with van der Waals surface area (Å²) in [4.78, 5) is 14.5. The van der Waals surface area contributed by atoms with Crippen molar-refractivity contribution in [2.45, 2.75) is 64.8 Å². The topological polar surface area (TPSA) is 20.3 Å². The predicted octanol–water partition coefficient (Wildman–Crippen LogP) is 3.82. The van der Waals surface area contributed by atoms with Crippen LogP contribution < -0.4 is 0 Å². The molecule has 1 amide bonds. The first kappa shape index (κ1) is 14.8. The lowest BCUT2D eigenvalue weighted by Crippen LogP contribution is -2.47. The molecule has 1 aliphatic heterocycles. The average molecular weight is 260 g/mol. The van der Waals surface area contributed by atoms with E-state index in [1.165, 1.54) is 12.8 Å². The van der Waals surface area contributed by atoms with Crippen LogP contribution in [-0.2, 0) is 4.79 Å². The molecule has 0 radical (unpaired) electrons. The number of unbranched alkanes of at least 4 members (excludes halogenated alkanes) is 1. The first-order chi connectivity index (χ1) is 8.24. The molecule has 2 atom stereocenters. The molecule has 0 aromatic heterocycles. The zero-order valence-electron chi connectivity index (χ0n) is 11.3. The zero-order chi connectivity index (χ0) is 12.7. The van der Waals surface area contributed by atoms with Gasteiger partial charge in [-0.05, 0) is 32.1 Å². The number of hydrogen-bond acceptors (Lipinski definition) is 1. The number of hydrogen-bond donors (Lipinski definition) is 0. The maximum atomic E-state index is 12.5. The standard InChI is InChI=1S/C14H26ClNO/c1-3-5-8-12(4-2)14(17)16-10-7-6-9-13(16)11-15/h12-13H,3-11H2,1-2H3. The number of rotatable bonds is 6. The molecule has 0 aromatic rings. The van der Waals surface area contributed by atoms with Gasteiger partial charge in [-0.1, -0.05) is 26.7 Å². The molecule has 17 heavy (non-hydrogen) atoms. The maximum absolute atomic E-state index is 12.5. The Morgan fingerprint density at radius 1 is 1.41 bits per heavy atom. The Hall–Kier alpha value is -0.240. The first-order valence-corrected chi connectivity index (χ1v) is 7.64. The van der Waals surface area contributed by atoms with Gasteiger partial charge >= 0.3 is 0 Å². The Morgan fingerprint density at radius 3 is 2.76 bits per heavy atom. The molecule has 0 aromatic carbocycles. The smallest absolute Gasteiger partial charge is 0.225 e. The molecular weight excluding hydrogens is 234 g/mol. The average Bonchev–Trinajstić information content (AvgIpc) is 2.39. The summed E-state index contributed by atoms with van der Waals surface area (Å²) in [6.07, 6.45) is 7.77. The van der Waals surface area contributed by atoms with Crippen LogP contribution in [-0.4, -0.2) is 29.3 Å². The van der Waals surface area contributed by atoms with E-state index in [1.54, 1.807) is 0 Å². The second kappa shape index (κ2) is 7.97. The summed E-state index contributed by atoms with van der Waals surface area (Å²) >= 11 is 5.98. The lowest BCUT2D eigenvalue weighted by Gasteiger charge is -2.37. The molecule has 0 spiro atoms. The molecule has 1 aliphatic rings. The molecule has 0 aliphatic carbocycles. The van der Waals surface area contributed by atoms with Crippen LogP contribution in [0.5, 0.6) is 0 Å². The van der Waals surface area contributed by atoms with E-state index >= 15 is 0 Å². The molecule has 1 rings (SSSR count). The summed E-state index contributed by atoms with van der Waals surface area (Å²) in [6, 6.07) is 0.286. The van der Waals surface area contributed by atoms with Gasteiger partial charge in [-0.25, -0.2) is 0 Å². The van der Waals surface area contributed by atoms with Gasteiger partial charge in [-0.3, -0.25) is 4.79 Å². The van der Waals surface area contributed by atoms with E-state index in [0.29, 0.717) is 11.8 Å². The highest BCUT2D eigenvalue weighted by molar-refractivity contribution is 6.18. The number of carbonyl (C=O) groups is 1. The van der Waals surface area contributed by atoms with Gasteiger partial charge < -0.3 is 4.90 Å². The highest BCUT2D eigenvalue weighted by atomic mass is 35.5. The highest BCUT2D eigenvalue weighted by Crippen LogP contribution is 2.23. The first-order valence-electron chi connectivity index (χ1n) is 7.11. The molecule has 100 valence electrons. The van der Waals surface area contributed by atoms with Crippen LogP contribution in [0.3, 0.4) is 0 Å². The second-order valence-electron chi connectivity index (χ2n) is 5.08. The quantitative estimate of drug-likeness (QED) is 0.664. The van der Waals surface area contributed by atoms with Gasteiger partial charge in [-0.2, -0.15) is 0 Å². The van der Waals surface area contributed by atoms with E-state index in [4.69, 9.17) is 11.6 Å². The van der Waals surface area contributed by atoms with E-state index in [2.05, 4.69) is 18.7 Å². The summed E-state index contributed by atoms with van der Waals surface area (Å²) in [5.74, 6) is 1.17. The second-order valence-corrected chi connectivity index (χ2v) is 5.39. The molecule has 0 saturated carbocycles. The normalized spacial score (nSPS) is 22.5. The lowest BCUT2D eigenvalue weighted by atomic mass is 9.94. The fourth-order valence-electron chi connectivity index (χ4n) is 2.64. The summed E-state index contributed by atoms with van der Waals surface area (Å²) in [7, 11) is 0. The molecule has 2 nitrogen and oxygen atoms in total. The summed E-state index contributed by atoms with van der Waals surface area (Å²) in [6.45, 7) is 5.22. The third-order valence-corrected chi connectivity index (χ3v) is 4.19. The Morgan fingerprint density at radius 2 is 2.18 bits per heavy atom.